The molecule has 5 aliphatic rings. The zero-order valence-corrected chi connectivity index (χ0v) is 72.5. The fourth-order valence-electron chi connectivity index (χ4n) is 10.8. The van der Waals surface area contributed by atoms with Crippen LogP contribution >= 0.6 is 57.2 Å². The molecule has 3 aromatic heterocycles. The monoisotopic (exact) mass is 1720 g/mol. The van der Waals surface area contributed by atoms with E-state index in [4.69, 9.17) is 57.3 Å². The number of benzene rings is 3. The van der Waals surface area contributed by atoms with Gasteiger partial charge in [0.25, 0.3) is 16.6 Å². The van der Waals surface area contributed by atoms with Crippen molar-refractivity contribution in [3.63, 3.8) is 0 Å². The fourth-order valence-corrected chi connectivity index (χ4v) is 15.4. The number of carbonyl (C=O) groups excluding carboxylic acids is 2. The number of ether oxygens (including phenoxy) is 1. The summed E-state index contributed by atoms with van der Waals surface area (Å²) in [7, 11) is -10.0. The van der Waals surface area contributed by atoms with Crippen LogP contribution in [0.2, 0.25) is 10.0 Å². The van der Waals surface area contributed by atoms with E-state index < -0.39 is 94.8 Å². The molecule has 20 nitrogen and oxygen atoms in total. The Morgan fingerprint density at radius 2 is 1.07 bits per heavy atom. The van der Waals surface area contributed by atoms with Crippen LogP contribution in [0.5, 0.6) is 0 Å². The molecule has 0 unspecified atom stereocenters. The Kier molecular flexibility index (Phi) is 38.6. The van der Waals surface area contributed by atoms with Crippen LogP contribution in [0.3, 0.4) is 0 Å². The van der Waals surface area contributed by atoms with Crippen LogP contribution in [-0.4, -0.2) is 179 Å². The predicted octanol–water partition coefficient (Wildman–Crippen LogP) is 9.67. The Bertz CT molecular complexity index is 4070. The van der Waals surface area contributed by atoms with E-state index in [0.29, 0.717) is 55.2 Å². The number of hydrogen-bond donors (Lipinski definition) is 1. The molecule has 0 aliphatic carbocycles. The first-order chi connectivity index (χ1) is 48.5. The van der Waals surface area contributed by atoms with Gasteiger partial charge in [-0.05, 0) is 199 Å². The summed E-state index contributed by atoms with van der Waals surface area (Å²) in [5.41, 5.74) is -3.39. The Morgan fingerprint density at radius 1 is 0.673 bits per heavy atom. The Balaban J connectivity index is 0.000000354. The van der Waals surface area contributed by atoms with Crippen LogP contribution in [0.25, 0.3) is 30.6 Å². The second kappa shape index (κ2) is 42.3. The van der Waals surface area contributed by atoms with E-state index in [9.17, 15) is 74.3 Å². The zero-order chi connectivity index (χ0) is 78.3. The third-order valence-electron chi connectivity index (χ3n) is 16.9. The van der Waals surface area contributed by atoms with Gasteiger partial charge < -0.3 is 44.9 Å². The first-order valence-electron chi connectivity index (χ1n) is 33.0. The average Bonchev–Trinajstić information content (AvgIpc) is 1.57. The molecular weight excluding hydrogens is 1630 g/mol. The van der Waals surface area contributed by atoms with Crippen LogP contribution in [0, 0.1) is 5.92 Å². The smallest absolute Gasteiger partial charge is 1.00 e. The number of nitrogens with zero attached hydrogens (tertiary/aromatic N) is 6. The number of rotatable bonds is 14. The normalized spacial score (nSPS) is 18.6. The van der Waals surface area contributed by atoms with Crippen LogP contribution in [0.4, 0.5) is 57.5 Å². The van der Waals surface area contributed by atoms with E-state index >= 15 is 0 Å². The van der Waals surface area contributed by atoms with Crippen molar-refractivity contribution in [2.75, 3.05) is 71.8 Å². The van der Waals surface area contributed by atoms with Crippen LogP contribution in [0.15, 0.2) is 66.6 Å². The van der Waals surface area contributed by atoms with Gasteiger partial charge in [0, 0.05) is 47.4 Å². The van der Waals surface area contributed by atoms with Gasteiger partial charge in [0.05, 0.1) is 89.0 Å². The van der Waals surface area contributed by atoms with Gasteiger partial charge in [0.2, 0.25) is 5.88 Å². The van der Waals surface area contributed by atoms with E-state index in [-0.39, 0.29) is 154 Å². The standard InChI is InChI=1S/C21H28BF3N2O2S.C15H16ClF3N2S.C12H13ClN2S.C12H18F3NO5S.C4H7F3O3S.CH2O3.2K.H/c1-19(2)20(3,4)29-22(28-19)15-5-6-17-16(13-15)26-18(30-17)14-7-10-27(11-8-14)12-9-21(23,24)25;16-11-1-2-13-12(9-11)20-14(22-13)10-3-6-21(7-4-10)8-5-15(17,18)19;13-9-1-2-11-10(7-9)15-12(16-11)8-3-5-14-6-4-8;1-8-5-6-9(21-22(18,19)12(13,14)15)16(7-8)10(17)20-11(2,3)4;1-11(8,9)10-3-2-4(5,6)7;2-1-4-3;;;/h5-6,13-14H,7-12H2,1-4H3;1-2,9-10H,3-8H2;1-2,7-8,14H,3-6H2;6,8H,5,7H2,1-4H3;2-3H2,1H3;1,3H;;;/q;;;;;;2*+1;-1/p-1/t;;;8-;;;;;/m...0...../s1. The van der Waals surface area contributed by atoms with E-state index in [1.54, 1.807) is 50.4 Å². The molecule has 1 N–H and O–H groups in total. The van der Waals surface area contributed by atoms with Crippen molar-refractivity contribution in [1.82, 2.24) is 35.0 Å². The van der Waals surface area contributed by atoms with Crippen molar-refractivity contribution < 1.29 is 216 Å². The minimum Gasteiger partial charge on any atom is -1.00 e. The second-order valence-electron chi connectivity index (χ2n) is 27.2. The summed E-state index contributed by atoms with van der Waals surface area (Å²) < 4.78 is 217. The van der Waals surface area contributed by atoms with E-state index in [2.05, 4.69) is 35.7 Å². The van der Waals surface area contributed by atoms with Gasteiger partial charge in [-0.1, -0.05) is 36.2 Å². The van der Waals surface area contributed by atoms with Gasteiger partial charge in [0.15, 0.2) is 0 Å². The van der Waals surface area contributed by atoms with Gasteiger partial charge in [0.1, 0.15) is 5.60 Å². The molecule has 0 spiro atoms. The van der Waals surface area contributed by atoms with Crippen LogP contribution in [0.1, 0.15) is 154 Å². The third-order valence-corrected chi connectivity index (χ3v) is 22.6. The van der Waals surface area contributed by atoms with Gasteiger partial charge in [-0.15, -0.1) is 34.0 Å². The summed E-state index contributed by atoms with van der Waals surface area (Å²) in [6.45, 7) is 18.8. The van der Waals surface area contributed by atoms with Crippen molar-refractivity contribution >= 4 is 133 Å². The first-order valence-corrected chi connectivity index (χ1v) is 39.5. The van der Waals surface area contributed by atoms with Crippen LogP contribution in [-0.2, 0) is 52.3 Å². The number of aromatic nitrogens is 3. The fraction of sp³-hybridized carbons (Fsp3) is 0.615. The number of thiazole rings is 3. The van der Waals surface area contributed by atoms with Crippen molar-refractivity contribution in [2.45, 2.75) is 178 Å². The zero-order valence-electron chi connectivity index (χ0n) is 61.7. The first kappa shape index (κ1) is 97.7. The SMILES string of the molecule is CC1(C)OB(c2ccc3sc(C4CCN(CCC(F)(F)F)CC4)nc3c2)OC1(C)C.CS(=O)(=O)OCCC(F)(F)F.C[C@H]1CC=C(OS(=O)(=O)C(F)(F)F)N(C(=O)OC(C)(C)C)C1.Clc1ccc2sc(C3CCNCC3)nc2c1.FC(F)(F)CCN1CCC(c2nc3cc(Cl)ccc3s2)CC1.O=CO[O-].[H-].[K+].[K+]. The number of nitrogens with one attached hydrogen (secondary N) is 1. The quantitative estimate of drug-likeness (QED) is 0.0203. The van der Waals surface area contributed by atoms with Gasteiger partial charge >= 0.3 is 150 Å². The Hall–Kier alpha value is -1.69. The van der Waals surface area contributed by atoms with Crippen molar-refractivity contribution in [3.8, 4) is 0 Å². The Morgan fingerprint density at radius 3 is 1.44 bits per heavy atom. The number of amides is 1. The predicted molar refractivity (Wildman–Crippen MR) is 378 cm³/mol. The third kappa shape index (κ3) is 33.2. The minimum absolute atomic E-state index is 0. The number of likely N-dealkylation sites (tertiary alicyclic amines) is 2. The summed E-state index contributed by atoms with van der Waals surface area (Å²) >= 11 is 17.1. The molecule has 8 heterocycles. The molecule has 5 aliphatic heterocycles. The van der Waals surface area contributed by atoms with Gasteiger partial charge in [-0.3, -0.25) is 8.98 Å². The molecule has 107 heavy (non-hydrogen) atoms. The summed E-state index contributed by atoms with van der Waals surface area (Å²) in [6.07, 6.45) is -8.26. The maximum absolute atomic E-state index is 12.4. The number of allylic oxidation sites excluding steroid dienone is 1. The molecule has 4 saturated heterocycles. The topological polar surface area (TPSA) is 241 Å². The largest absolute Gasteiger partial charge is 1.00 e. The second-order valence-corrected chi connectivity index (χ2v) is 34.5. The minimum atomic E-state index is -5.84. The molecule has 11 rings (SSSR count). The number of hydrogen-bond acceptors (Lipinski definition) is 22. The summed E-state index contributed by atoms with van der Waals surface area (Å²) in [5, 5.41) is 16.7. The summed E-state index contributed by atoms with van der Waals surface area (Å²) in [6, 6.07) is 17.8. The maximum atomic E-state index is 12.4. The van der Waals surface area contributed by atoms with E-state index in [0.717, 1.165) is 96.2 Å². The summed E-state index contributed by atoms with van der Waals surface area (Å²) in [5.74, 6) is 0.527. The van der Waals surface area contributed by atoms with E-state index in [1.807, 2.05) is 91.3 Å². The van der Waals surface area contributed by atoms with Crippen molar-refractivity contribution in [3.05, 3.63) is 91.6 Å². The molecule has 42 heteroatoms. The average molecular weight is 1720 g/mol. The number of halogens is 14. The van der Waals surface area contributed by atoms with Crippen LogP contribution < -0.4 is 119 Å². The number of carbonyl (C=O) groups is 2. The number of fused-ring (bicyclic) bond motifs is 3. The van der Waals surface area contributed by atoms with Gasteiger partial charge in [-0.2, -0.15) is 69.5 Å². The van der Waals surface area contributed by atoms with E-state index in [1.165, 1.54) is 22.5 Å². The molecule has 4 fully saturated rings. The molecule has 0 radical (unpaired) electrons. The molecule has 0 bridgehead atoms. The summed E-state index contributed by atoms with van der Waals surface area (Å²) in [4.78, 5) is 42.0. The molecule has 590 valence electrons. The maximum Gasteiger partial charge on any atom is 1.00 e. The Labute approximate surface area is 723 Å². The molecular formula is C65H84BCl2F12K2N7O13S5. The molecule has 0 saturated carbocycles. The number of alkyl halides is 12. The molecule has 1 amide bonds. The molecule has 1 atom stereocenters. The van der Waals surface area contributed by atoms with Gasteiger partial charge in [-0.25, -0.2) is 24.6 Å². The molecule has 6 aromatic rings. The van der Waals surface area contributed by atoms with Crippen molar-refractivity contribution in [2.24, 2.45) is 5.92 Å². The van der Waals surface area contributed by atoms with Crippen molar-refractivity contribution in [1.29, 1.82) is 0 Å². The molecule has 3 aromatic carbocycles. The number of piperidine rings is 3.